The van der Waals surface area contributed by atoms with Crippen molar-refractivity contribution < 1.29 is 5.11 Å². The number of aryl methyl sites for hydroxylation is 1. The molecule has 15 heavy (non-hydrogen) atoms. The molecule has 0 amide bonds. The molecule has 0 fully saturated rings. The molecule has 0 aliphatic rings. The Bertz CT molecular complexity index is 423. The third-order valence-corrected chi connectivity index (χ3v) is 1.98. The molecule has 0 radical (unpaired) electrons. The van der Waals surface area contributed by atoms with E-state index in [9.17, 15) is 0 Å². The fourth-order valence-electron chi connectivity index (χ4n) is 1.34. The average Bonchev–Trinajstić information content (AvgIpc) is 2.64. The van der Waals surface area contributed by atoms with E-state index in [0.717, 1.165) is 11.0 Å². The van der Waals surface area contributed by atoms with E-state index in [1.807, 2.05) is 39.0 Å². The summed E-state index contributed by atoms with van der Waals surface area (Å²) in [5, 5.41) is 16.7. The molecule has 0 aliphatic heterocycles. The van der Waals surface area contributed by atoms with Gasteiger partial charge in [0, 0.05) is 0 Å². The molecule has 0 saturated heterocycles. The van der Waals surface area contributed by atoms with E-state index in [0.29, 0.717) is 6.54 Å². The van der Waals surface area contributed by atoms with Crippen LogP contribution in [-0.2, 0) is 6.54 Å². The summed E-state index contributed by atoms with van der Waals surface area (Å²) in [6, 6.07) is 5.97. The predicted octanol–water partition coefficient (Wildman–Crippen LogP) is 1.76. The second-order valence-electron chi connectivity index (χ2n) is 3.03. The normalized spacial score (nSPS) is 9.87. The third kappa shape index (κ3) is 2.53. The number of hydrogen-bond donors (Lipinski definition) is 1. The zero-order valence-corrected chi connectivity index (χ0v) is 9.44. The van der Waals surface area contributed by atoms with Gasteiger partial charge in [-0.15, -0.1) is 5.10 Å². The van der Waals surface area contributed by atoms with Gasteiger partial charge in [0.2, 0.25) is 0 Å². The van der Waals surface area contributed by atoms with Gasteiger partial charge in [0.15, 0.2) is 0 Å². The lowest BCUT2D eigenvalue weighted by atomic mass is 10.2. The van der Waals surface area contributed by atoms with Crippen molar-refractivity contribution in [1.82, 2.24) is 15.0 Å². The first kappa shape index (κ1) is 11.7. The molecular weight excluding hydrogens is 190 g/mol. The molecule has 1 N–H and O–H groups in total. The van der Waals surface area contributed by atoms with E-state index in [1.165, 1.54) is 5.56 Å². The summed E-state index contributed by atoms with van der Waals surface area (Å²) in [4.78, 5) is 0. The number of fused-ring (bicyclic) bond motifs is 1. The monoisotopic (exact) mass is 207 g/mol. The molecule has 0 bridgehead atoms. The third-order valence-electron chi connectivity index (χ3n) is 1.98. The number of aliphatic hydroxyl groups is 1. The van der Waals surface area contributed by atoms with Crippen LogP contribution >= 0.6 is 0 Å². The van der Waals surface area contributed by atoms with Crippen molar-refractivity contribution >= 4 is 11.0 Å². The van der Waals surface area contributed by atoms with Crippen molar-refractivity contribution in [2.24, 2.45) is 0 Å². The highest BCUT2D eigenvalue weighted by Crippen LogP contribution is 2.12. The Morgan fingerprint density at radius 2 is 2.07 bits per heavy atom. The topological polar surface area (TPSA) is 50.9 Å². The van der Waals surface area contributed by atoms with E-state index >= 15 is 0 Å². The predicted molar refractivity (Wildman–Crippen MR) is 60.7 cm³/mol. The number of nitrogens with zero attached hydrogens (tertiary/aromatic N) is 3. The average molecular weight is 207 g/mol. The highest BCUT2D eigenvalue weighted by atomic mass is 16.3. The Morgan fingerprint density at radius 1 is 1.33 bits per heavy atom. The SMILES string of the molecule is CC.Cc1ccc2c(c1)nnn2CCO. The van der Waals surface area contributed by atoms with Crippen LogP contribution in [0.2, 0.25) is 0 Å². The Hall–Kier alpha value is -1.42. The van der Waals surface area contributed by atoms with Crippen LogP contribution in [0.4, 0.5) is 0 Å². The van der Waals surface area contributed by atoms with Gasteiger partial charge in [-0.05, 0) is 24.6 Å². The molecule has 0 spiro atoms. The lowest BCUT2D eigenvalue weighted by Gasteiger charge is -1.97. The first-order valence-corrected chi connectivity index (χ1v) is 5.22. The lowest BCUT2D eigenvalue weighted by molar-refractivity contribution is 0.270. The fraction of sp³-hybridized carbons (Fsp3) is 0.455. The largest absolute Gasteiger partial charge is 0.394 e. The number of benzene rings is 1. The van der Waals surface area contributed by atoms with Crippen molar-refractivity contribution in [3.05, 3.63) is 23.8 Å². The van der Waals surface area contributed by atoms with Crippen LogP contribution in [0, 0.1) is 6.92 Å². The van der Waals surface area contributed by atoms with Crippen LogP contribution in [0.5, 0.6) is 0 Å². The van der Waals surface area contributed by atoms with Crippen molar-refractivity contribution in [3.8, 4) is 0 Å². The maximum absolute atomic E-state index is 8.76. The smallest absolute Gasteiger partial charge is 0.113 e. The molecule has 0 aliphatic carbocycles. The highest BCUT2D eigenvalue weighted by Gasteiger charge is 2.02. The number of aromatic nitrogens is 3. The van der Waals surface area contributed by atoms with Crippen LogP contribution in [-0.4, -0.2) is 26.7 Å². The van der Waals surface area contributed by atoms with Crippen molar-refractivity contribution in [3.63, 3.8) is 0 Å². The molecule has 82 valence electrons. The zero-order chi connectivity index (χ0) is 11.3. The van der Waals surface area contributed by atoms with Crippen LogP contribution < -0.4 is 0 Å². The summed E-state index contributed by atoms with van der Waals surface area (Å²) in [7, 11) is 0. The van der Waals surface area contributed by atoms with Crippen LogP contribution in [0.25, 0.3) is 11.0 Å². The van der Waals surface area contributed by atoms with Gasteiger partial charge in [0.05, 0.1) is 18.7 Å². The first-order chi connectivity index (χ1) is 7.31. The van der Waals surface area contributed by atoms with Crippen LogP contribution in [0.15, 0.2) is 18.2 Å². The molecule has 2 rings (SSSR count). The first-order valence-electron chi connectivity index (χ1n) is 5.22. The van der Waals surface area contributed by atoms with Gasteiger partial charge in [0.25, 0.3) is 0 Å². The summed E-state index contributed by atoms with van der Waals surface area (Å²) in [5.74, 6) is 0. The maximum atomic E-state index is 8.76. The molecule has 2 aromatic rings. The van der Waals surface area contributed by atoms with E-state index in [-0.39, 0.29) is 6.61 Å². The Morgan fingerprint density at radius 3 is 2.73 bits per heavy atom. The quantitative estimate of drug-likeness (QED) is 0.816. The van der Waals surface area contributed by atoms with Crippen LogP contribution in [0.1, 0.15) is 19.4 Å². The van der Waals surface area contributed by atoms with E-state index < -0.39 is 0 Å². The second-order valence-corrected chi connectivity index (χ2v) is 3.03. The second kappa shape index (κ2) is 5.46. The fourth-order valence-corrected chi connectivity index (χ4v) is 1.34. The summed E-state index contributed by atoms with van der Waals surface area (Å²) in [6.45, 7) is 6.61. The van der Waals surface area contributed by atoms with Crippen molar-refractivity contribution in [1.29, 1.82) is 0 Å². The van der Waals surface area contributed by atoms with Gasteiger partial charge in [-0.3, -0.25) is 0 Å². The molecule has 0 saturated carbocycles. The van der Waals surface area contributed by atoms with E-state index in [4.69, 9.17) is 5.11 Å². The minimum Gasteiger partial charge on any atom is -0.394 e. The summed E-state index contributed by atoms with van der Waals surface area (Å²) >= 11 is 0. The van der Waals surface area contributed by atoms with Gasteiger partial charge < -0.3 is 5.11 Å². The summed E-state index contributed by atoms with van der Waals surface area (Å²) in [5.41, 5.74) is 3.02. The Labute approximate surface area is 89.5 Å². The molecule has 0 unspecified atom stereocenters. The molecular formula is C11H17N3O. The summed E-state index contributed by atoms with van der Waals surface area (Å²) in [6.07, 6.45) is 0. The Balaban J connectivity index is 0.000000531. The molecule has 1 aromatic carbocycles. The highest BCUT2D eigenvalue weighted by molar-refractivity contribution is 5.74. The van der Waals surface area contributed by atoms with Crippen molar-refractivity contribution in [2.75, 3.05) is 6.61 Å². The minimum atomic E-state index is 0.0896. The van der Waals surface area contributed by atoms with Gasteiger partial charge in [-0.1, -0.05) is 25.1 Å². The molecule has 1 heterocycles. The maximum Gasteiger partial charge on any atom is 0.113 e. The van der Waals surface area contributed by atoms with Gasteiger partial charge in [0.1, 0.15) is 5.52 Å². The standard InChI is InChI=1S/C9H11N3O.C2H6/c1-7-2-3-9-8(6-7)10-11-12(9)4-5-13;1-2/h2-3,6,13H,4-5H2,1H3;1-2H3. The van der Waals surface area contributed by atoms with Gasteiger partial charge >= 0.3 is 0 Å². The number of rotatable bonds is 2. The van der Waals surface area contributed by atoms with Crippen LogP contribution in [0.3, 0.4) is 0 Å². The van der Waals surface area contributed by atoms with Crippen molar-refractivity contribution in [2.45, 2.75) is 27.3 Å². The van der Waals surface area contributed by atoms with Gasteiger partial charge in [-0.2, -0.15) is 0 Å². The van der Waals surface area contributed by atoms with E-state index in [1.54, 1.807) is 4.68 Å². The van der Waals surface area contributed by atoms with Gasteiger partial charge in [-0.25, -0.2) is 4.68 Å². The summed E-state index contributed by atoms with van der Waals surface area (Å²) < 4.78 is 1.70. The molecule has 4 heteroatoms. The minimum absolute atomic E-state index is 0.0896. The number of hydrogen-bond acceptors (Lipinski definition) is 3. The molecule has 4 nitrogen and oxygen atoms in total. The number of aliphatic hydroxyl groups excluding tert-OH is 1. The molecule has 1 aromatic heterocycles. The molecule has 0 atom stereocenters. The zero-order valence-electron chi connectivity index (χ0n) is 9.44. The lowest BCUT2D eigenvalue weighted by Crippen LogP contribution is -2.03. The Kier molecular flexibility index (Phi) is 4.24. The van der Waals surface area contributed by atoms with E-state index in [2.05, 4.69) is 10.3 Å².